The van der Waals surface area contributed by atoms with Crippen LogP contribution in [-0.2, 0) is 26.3 Å². The van der Waals surface area contributed by atoms with Gasteiger partial charge in [0.2, 0.25) is 0 Å². The minimum absolute atomic E-state index is 0.0116. The van der Waals surface area contributed by atoms with E-state index in [1.54, 1.807) is 12.1 Å². The van der Waals surface area contributed by atoms with Gasteiger partial charge in [-0.3, -0.25) is 14.9 Å². The Hall–Kier alpha value is -4.64. The molecule has 0 saturated carbocycles. The van der Waals surface area contributed by atoms with E-state index in [1.165, 1.54) is 54.6 Å². The molecule has 0 spiro atoms. The number of hydrogen-bond donors (Lipinski definition) is 1. The molecule has 212 valence electrons. The summed E-state index contributed by atoms with van der Waals surface area (Å²) < 4.78 is 36.8. The predicted octanol–water partition coefficient (Wildman–Crippen LogP) is 6.01. The van der Waals surface area contributed by atoms with Gasteiger partial charge in [-0.2, -0.15) is 8.42 Å². The van der Waals surface area contributed by atoms with Crippen LogP contribution in [0.1, 0.15) is 11.1 Å². The molecular formula is C30H20Cl2N2O7S. The first-order valence-electron chi connectivity index (χ1n) is 12.3. The van der Waals surface area contributed by atoms with Crippen molar-refractivity contribution in [1.29, 1.82) is 0 Å². The summed E-state index contributed by atoms with van der Waals surface area (Å²) in [5.74, 6) is -1.61. The quantitative estimate of drug-likeness (QED) is 0.145. The van der Waals surface area contributed by atoms with E-state index in [0.717, 1.165) is 16.5 Å². The number of amides is 4. The van der Waals surface area contributed by atoms with E-state index >= 15 is 0 Å². The van der Waals surface area contributed by atoms with Crippen molar-refractivity contribution in [2.75, 3.05) is 4.90 Å². The van der Waals surface area contributed by atoms with Gasteiger partial charge in [-0.15, -0.1) is 0 Å². The van der Waals surface area contributed by atoms with Crippen LogP contribution in [0.25, 0.3) is 6.08 Å². The first kappa shape index (κ1) is 28.9. The molecule has 0 aromatic heterocycles. The molecular weight excluding hydrogens is 603 g/mol. The fraction of sp³-hybridized carbons (Fsp3) is 0.0333. The van der Waals surface area contributed by atoms with E-state index in [9.17, 15) is 22.8 Å². The SMILES string of the molecule is O=C1NC(=O)N(c2ccc(OCc3ccccc3)cc2)C(=O)/C1=C/c1cc(Cl)ccc1OS(=O)(=O)c1ccc(Cl)cc1. The lowest BCUT2D eigenvalue weighted by atomic mass is 10.1. The van der Waals surface area contributed by atoms with E-state index < -0.39 is 33.5 Å². The Kier molecular flexibility index (Phi) is 8.30. The highest BCUT2D eigenvalue weighted by Gasteiger charge is 2.37. The van der Waals surface area contributed by atoms with Gasteiger partial charge in [-0.05, 0) is 78.4 Å². The number of urea groups is 1. The van der Waals surface area contributed by atoms with Gasteiger partial charge in [0.15, 0.2) is 0 Å². The number of halogens is 2. The molecule has 0 unspecified atom stereocenters. The number of rotatable bonds is 8. The highest BCUT2D eigenvalue weighted by atomic mass is 35.5. The van der Waals surface area contributed by atoms with Gasteiger partial charge in [-0.1, -0.05) is 53.5 Å². The maximum atomic E-state index is 13.4. The molecule has 1 heterocycles. The molecule has 0 radical (unpaired) electrons. The zero-order valence-corrected chi connectivity index (χ0v) is 23.8. The third-order valence-corrected chi connectivity index (χ3v) is 7.75. The minimum Gasteiger partial charge on any atom is -0.489 e. The summed E-state index contributed by atoms with van der Waals surface area (Å²) in [5.41, 5.74) is 0.703. The standard InChI is InChI=1S/C30H20Cl2N2O7S/c31-21-6-13-25(14-7-21)42(38,39)41-27-15-8-22(32)16-20(27)17-26-28(35)33-30(37)34(29(26)36)23-9-11-24(12-10-23)40-18-19-4-2-1-3-5-19/h1-17H,18H2,(H,33,35,37)/b26-17+. The Morgan fingerprint density at radius 3 is 2.17 bits per heavy atom. The summed E-state index contributed by atoms with van der Waals surface area (Å²) in [6, 6.07) is 24.0. The van der Waals surface area contributed by atoms with Crippen LogP contribution in [0.4, 0.5) is 10.5 Å². The molecule has 4 aromatic carbocycles. The van der Waals surface area contributed by atoms with Gasteiger partial charge >= 0.3 is 16.1 Å². The van der Waals surface area contributed by atoms with E-state index in [4.69, 9.17) is 32.1 Å². The van der Waals surface area contributed by atoms with Crippen LogP contribution in [0, 0.1) is 0 Å². The monoisotopic (exact) mass is 622 g/mol. The first-order valence-corrected chi connectivity index (χ1v) is 14.4. The largest absolute Gasteiger partial charge is 0.489 e. The van der Waals surface area contributed by atoms with Crippen molar-refractivity contribution in [1.82, 2.24) is 5.32 Å². The highest BCUT2D eigenvalue weighted by Crippen LogP contribution is 2.31. The molecule has 0 aliphatic carbocycles. The predicted molar refractivity (Wildman–Crippen MR) is 157 cm³/mol. The van der Waals surface area contributed by atoms with Crippen molar-refractivity contribution < 1.29 is 31.7 Å². The molecule has 5 rings (SSSR count). The molecule has 4 amide bonds. The number of carbonyl (C=O) groups excluding carboxylic acids is 3. The molecule has 12 heteroatoms. The first-order chi connectivity index (χ1) is 20.1. The molecule has 42 heavy (non-hydrogen) atoms. The van der Waals surface area contributed by atoms with Crippen molar-refractivity contribution >= 4 is 62.9 Å². The molecule has 0 bridgehead atoms. The van der Waals surface area contributed by atoms with Crippen LogP contribution in [0.2, 0.25) is 10.0 Å². The Bertz CT molecular complexity index is 1810. The van der Waals surface area contributed by atoms with Crippen LogP contribution in [-0.4, -0.2) is 26.3 Å². The number of imide groups is 2. The summed E-state index contributed by atoms with van der Waals surface area (Å²) in [6.45, 7) is 0.322. The van der Waals surface area contributed by atoms with E-state index in [1.807, 2.05) is 30.3 Å². The Labute approximate surface area is 251 Å². The normalized spacial score (nSPS) is 14.6. The summed E-state index contributed by atoms with van der Waals surface area (Å²) in [7, 11) is -4.32. The second-order valence-corrected chi connectivity index (χ2v) is 11.3. The summed E-state index contributed by atoms with van der Waals surface area (Å²) in [5, 5.41) is 2.64. The van der Waals surface area contributed by atoms with Crippen LogP contribution in [0.15, 0.2) is 108 Å². The maximum absolute atomic E-state index is 13.4. The second-order valence-electron chi connectivity index (χ2n) is 8.90. The number of nitrogens with zero attached hydrogens (tertiary/aromatic N) is 1. The number of barbiturate groups is 1. The Morgan fingerprint density at radius 1 is 0.810 bits per heavy atom. The average molecular weight is 623 g/mol. The number of carbonyl (C=O) groups is 3. The fourth-order valence-electron chi connectivity index (χ4n) is 3.96. The average Bonchev–Trinajstić information content (AvgIpc) is 2.97. The third kappa shape index (κ3) is 6.46. The minimum atomic E-state index is -4.32. The van der Waals surface area contributed by atoms with Gasteiger partial charge in [0.05, 0.1) is 5.69 Å². The van der Waals surface area contributed by atoms with E-state index in [2.05, 4.69) is 5.32 Å². The number of benzene rings is 4. The molecule has 4 aromatic rings. The van der Waals surface area contributed by atoms with Crippen LogP contribution in [0.3, 0.4) is 0 Å². The summed E-state index contributed by atoms with van der Waals surface area (Å²) in [6.07, 6.45) is 1.10. The summed E-state index contributed by atoms with van der Waals surface area (Å²) >= 11 is 12.0. The van der Waals surface area contributed by atoms with E-state index in [-0.39, 0.29) is 26.9 Å². The zero-order chi connectivity index (χ0) is 29.9. The number of nitrogens with one attached hydrogen (secondary N) is 1. The highest BCUT2D eigenvalue weighted by molar-refractivity contribution is 7.87. The van der Waals surface area contributed by atoms with Crippen LogP contribution in [0.5, 0.6) is 11.5 Å². The van der Waals surface area contributed by atoms with Gasteiger partial charge in [0, 0.05) is 15.6 Å². The Morgan fingerprint density at radius 2 is 1.48 bits per heavy atom. The lowest BCUT2D eigenvalue weighted by Gasteiger charge is -2.26. The van der Waals surface area contributed by atoms with Crippen molar-refractivity contribution in [2.45, 2.75) is 11.5 Å². The number of anilines is 1. The van der Waals surface area contributed by atoms with Crippen LogP contribution < -0.4 is 19.1 Å². The molecule has 1 N–H and O–H groups in total. The van der Waals surface area contributed by atoms with Gasteiger partial charge in [-0.25, -0.2) is 9.69 Å². The smallest absolute Gasteiger partial charge is 0.339 e. The molecule has 1 aliphatic rings. The van der Waals surface area contributed by atoms with Gasteiger partial charge in [0.25, 0.3) is 11.8 Å². The van der Waals surface area contributed by atoms with Gasteiger partial charge in [0.1, 0.15) is 28.6 Å². The van der Waals surface area contributed by atoms with E-state index in [0.29, 0.717) is 17.4 Å². The van der Waals surface area contributed by atoms with Crippen molar-refractivity contribution in [3.63, 3.8) is 0 Å². The Balaban J connectivity index is 1.41. The maximum Gasteiger partial charge on any atom is 0.339 e. The lowest BCUT2D eigenvalue weighted by Crippen LogP contribution is -2.54. The molecule has 0 atom stereocenters. The third-order valence-electron chi connectivity index (χ3n) is 6.02. The van der Waals surface area contributed by atoms with Crippen molar-refractivity contribution in [2.24, 2.45) is 0 Å². The zero-order valence-electron chi connectivity index (χ0n) is 21.5. The van der Waals surface area contributed by atoms with Crippen molar-refractivity contribution in [3.8, 4) is 11.5 Å². The topological polar surface area (TPSA) is 119 Å². The second kappa shape index (κ2) is 12.1. The molecule has 1 saturated heterocycles. The lowest BCUT2D eigenvalue weighted by molar-refractivity contribution is -0.122. The van der Waals surface area contributed by atoms with Crippen LogP contribution >= 0.6 is 23.2 Å². The molecule has 1 aliphatic heterocycles. The number of hydrogen-bond acceptors (Lipinski definition) is 7. The van der Waals surface area contributed by atoms with Gasteiger partial charge < -0.3 is 8.92 Å². The van der Waals surface area contributed by atoms with Crippen molar-refractivity contribution in [3.05, 3.63) is 124 Å². The fourth-order valence-corrected chi connectivity index (χ4v) is 5.22. The molecule has 9 nitrogen and oxygen atoms in total. The number of ether oxygens (including phenoxy) is 1. The summed E-state index contributed by atoms with van der Waals surface area (Å²) in [4.78, 5) is 39.4. The molecule has 1 fully saturated rings.